The Bertz CT molecular complexity index is 1810. The van der Waals surface area contributed by atoms with Crippen molar-refractivity contribution in [3.63, 3.8) is 0 Å². The Hall–Kier alpha value is -4.16. The zero-order chi connectivity index (χ0) is 32.1. The molecule has 45 heavy (non-hydrogen) atoms. The topological polar surface area (TPSA) is 113 Å². The van der Waals surface area contributed by atoms with Crippen molar-refractivity contribution in [2.75, 3.05) is 40.0 Å². The molecule has 0 spiro atoms. The van der Waals surface area contributed by atoms with Crippen LogP contribution in [-0.4, -0.2) is 69.1 Å². The number of ether oxygens (including phenoxy) is 4. The van der Waals surface area contributed by atoms with Gasteiger partial charge in [0.15, 0.2) is 18.1 Å². The van der Waals surface area contributed by atoms with E-state index in [4.69, 9.17) is 30.5 Å². The summed E-state index contributed by atoms with van der Waals surface area (Å²) in [7, 11) is -2.24. The number of nitrogens with zero attached hydrogens (tertiary/aromatic N) is 2. The molecule has 2 heterocycles. The van der Waals surface area contributed by atoms with Gasteiger partial charge in [-0.1, -0.05) is 29.8 Å². The van der Waals surface area contributed by atoms with Gasteiger partial charge in [-0.05, 0) is 74.0 Å². The van der Waals surface area contributed by atoms with Crippen LogP contribution in [0.2, 0.25) is 5.02 Å². The summed E-state index contributed by atoms with van der Waals surface area (Å²) in [4.78, 5) is 26.2. The molecule has 0 radical (unpaired) electrons. The molecular formula is C33H33ClN2O8S. The SMILES string of the molecule is COc1cc(C(=O)OCC(=O)c2cc(C)n(-c3cccc(S(=O)(=O)N4CCOCC4)c3)c2C)ccc1OCc1ccc(Cl)cc1. The second kappa shape index (κ2) is 13.9. The fraction of sp³-hybridized carbons (Fsp3) is 0.273. The maximum atomic E-state index is 13.2. The van der Waals surface area contributed by atoms with E-state index in [1.165, 1.54) is 23.5 Å². The maximum absolute atomic E-state index is 13.2. The van der Waals surface area contributed by atoms with E-state index in [0.29, 0.717) is 59.8 Å². The molecule has 0 amide bonds. The van der Waals surface area contributed by atoms with Gasteiger partial charge in [-0.2, -0.15) is 4.31 Å². The Kier molecular flexibility index (Phi) is 9.93. The largest absolute Gasteiger partial charge is 0.493 e. The molecule has 3 aromatic carbocycles. The fourth-order valence-corrected chi connectivity index (χ4v) is 6.68. The molecule has 0 saturated carbocycles. The monoisotopic (exact) mass is 652 g/mol. The van der Waals surface area contributed by atoms with Crippen LogP contribution in [0.4, 0.5) is 0 Å². The quantitative estimate of drug-likeness (QED) is 0.156. The smallest absolute Gasteiger partial charge is 0.338 e. The molecule has 0 bridgehead atoms. The molecule has 4 aromatic rings. The highest BCUT2D eigenvalue weighted by molar-refractivity contribution is 7.89. The van der Waals surface area contributed by atoms with E-state index < -0.39 is 28.4 Å². The van der Waals surface area contributed by atoms with Gasteiger partial charge < -0.3 is 23.5 Å². The van der Waals surface area contributed by atoms with Gasteiger partial charge in [0.25, 0.3) is 0 Å². The average molecular weight is 653 g/mol. The summed E-state index contributed by atoms with van der Waals surface area (Å²) in [6.45, 7) is 4.66. The number of carbonyl (C=O) groups excluding carboxylic acids is 2. The van der Waals surface area contributed by atoms with Gasteiger partial charge in [0.05, 0.1) is 30.8 Å². The van der Waals surface area contributed by atoms with Crippen molar-refractivity contribution in [2.24, 2.45) is 0 Å². The van der Waals surface area contributed by atoms with E-state index in [1.54, 1.807) is 60.0 Å². The molecule has 0 N–H and O–H groups in total. The third-order valence-corrected chi connectivity index (χ3v) is 9.60. The van der Waals surface area contributed by atoms with Crippen molar-refractivity contribution < 1.29 is 37.0 Å². The number of rotatable bonds is 11. The number of carbonyl (C=O) groups is 2. The number of halogens is 1. The molecule has 0 atom stereocenters. The fourth-order valence-electron chi connectivity index (χ4n) is 5.11. The number of ketones is 1. The van der Waals surface area contributed by atoms with E-state index in [-0.39, 0.29) is 17.1 Å². The minimum absolute atomic E-state index is 0.160. The lowest BCUT2D eigenvalue weighted by molar-refractivity contribution is 0.0474. The first-order valence-corrected chi connectivity index (χ1v) is 16.0. The molecule has 5 rings (SSSR count). The van der Waals surface area contributed by atoms with Gasteiger partial charge in [0.2, 0.25) is 15.8 Å². The highest BCUT2D eigenvalue weighted by Gasteiger charge is 2.27. The Morgan fingerprint density at radius 2 is 1.67 bits per heavy atom. The van der Waals surface area contributed by atoms with E-state index >= 15 is 0 Å². The molecule has 0 aliphatic carbocycles. The Morgan fingerprint density at radius 3 is 2.38 bits per heavy atom. The first-order chi connectivity index (χ1) is 21.6. The maximum Gasteiger partial charge on any atom is 0.338 e. The van der Waals surface area contributed by atoms with E-state index in [9.17, 15) is 18.0 Å². The molecule has 12 heteroatoms. The summed E-state index contributed by atoms with van der Waals surface area (Å²) in [5.74, 6) is -0.309. The Balaban J connectivity index is 1.26. The summed E-state index contributed by atoms with van der Waals surface area (Å²) in [6.07, 6.45) is 0. The van der Waals surface area contributed by atoms with Crippen molar-refractivity contribution in [3.8, 4) is 17.2 Å². The number of Topliss-reactive ketones (excluding diaryl/α,β-unsaturated/α-hetero) is 1. The van der Waals surface area contributed by atoms with Crippen LogP contribution in [0.1, 0.15) is 37.7 Å². The molecule has 0 unspecified atom stereocenters. The van der Waals surface area contributed by atoms with Crippen LogP contribution < -0.4 is 9.47 Å². The third-order valence-electron chi connectivity index (χ3n) is 7.46. The van der Waals surface area contributed by atoms with E-state index in [0.717, 1.165) is 11.3 Å². The molecule has 236 valence electrons. The van der Waals surface area contributed by atoms with Crippen LogP contribution in [-0.2, 0) is 26.1 Å². The number of benzene rings is 3. The van der Waals surface area contributed by atoms with Gasteiger partial charge in [0.1, 0.15) is 6.61 Å². The zero-order valence-corrected chi connectivity index (χ0v) is 26.7. The predicted molar refractivity (Wildman–Crippen MR) is 168 cm³/mol. The Morgan fingerprint density at radius 1 is 0.933 bits per heavy atom. The van der Waals surface area contributed by atoms with Crippen molar-refractivity contribution in [1.82, 2.24) is 8.87 Å². The number of aromatic nitrogens is 1. The van der Waals surface area contributed by atoms with Crippen molar-refractivity contribution in [1.29, 1.82) is 0 Å². The first-order valence-electron chi connectivity index (χ1n) is 14.2. The lowest BCUT2D eigenvalue weighted by atomic mass is 10.1. The minimum Gasteiger partial charge on any atom is -0.493 e. The minimum atomic E-state index is -3.70. The number of morpholine rings is 1. The van der Waals surface area contributed by atoms with Gasteiger partial charge in [-0.25, -0.2) is 13.2 Å². The van der Waals surface area contributed by atoms with Crippen molar-refractivity contribution in [3.05, 3.63) is 106 Å². The summed E-state index contributed by atoms with van der Waals surface area (Å²) < 4.78 is 51.6. The van der Waals surface area contributed by atoms with Crippen LogP contribution in [0.25, 0.3) is 5.69 Å². The summed E-state index contributed by atoms with van der Waals surface area (Å²) in [5, 5.41) is 0.628. The van der Waals surface area contributed by atoms with E-state index in [1.807, 2.05) is 19.1 Å². The molecular weight excluding hydrogens is 620 g/mol. The highest BCUT2D eigenvalue weighted by atomic mass is 35.5. The number of methoxy groups -OCH3 is 1. The van der Waals surface area contributed by atoms with Crippen LogP contribution in [0, 0.1) is 13.8 Å². The second-order valence-corrected chi connectivity index (χ2v) is 12.8. The number of hydrogen-bond donors (Lipinski definition) is 0. The Labute approximate surface area is 267 Å². The van der Waals surface area contributed by atoms with Crippen LogP contribution >= 0.6 is 11.6 Å². The van der Waals surface area contributed by atoms with Crippen LogP contribution in [0.5, 0.6) is 11.5 Å². The molecule has 1 aliphatic rings. The normalized spacial score (nSPS) is 13.8. The van der Waals surface area contributed by atoms with Gasteiger partial charge in [0, 0.05) is 40.8 Å². The van der Waals surface area contributed by atoms with Crippen LogP contribution in [0.3, 0.4) is 0 Å². The third kappa shape index (κ3) is 7.23. The molecule has 1 fully saturated rings. The number of hydrogen-bond acceptors (Lipinski definition) is 8. The summed E-state index contributed by atoms with van der Waals surface area (Å²) in [5.41, 5.74) is 3.39. The molecule has 1 aliphatic heterocycles. The van der Waals surface area contributed by atoms with Gasteiger partial charge in [-0.15, -0.1) is 0 Å². The van der Waals surface area contributed by atoms with E-state index in [2.05, 4.69) is 0 Å². The molecule has 1 saturated heterocycles. The average Bonchev–Trinajstić information content (AvgIpc) is 3.36. The van der Waals surface area contributed by atoms with Gasteiger partial charge >= 0.3 is 5.97 Å². The first kappa shape index (κ1) is 32.2. The van der Waals surface area contributed by atoms with Crippen LogP contribution in [0.15, 0.2) is 77.7 Å². The predicted octanol–water partition coefficient (Wildman–Crippen LogP) is 5.40. The summed E-state index contributed by atoms with van der Waals surface area (Å²) in [6, 6.07) is 20.2. The van der Waals surface area contributed by atoms with Gasteiger partial charge in [-0.3, -0.25) is 4.79 Å². The lowest BCUT2D eigenvalue weighted by Crippen LogP contribution is -2.40. The van der Waals surface area contributed by atoms with Crippen molar-refractivity contribution in [2.45, 2.75) is 25.3 Å². The molecule has 1 aromatic heterocycles. The highest BCUT2D eigenvalue weighted by Crippen LogP contribution is 2.30. The summed E-state index contributed by atoms with van der Waals surface area (Å²) >= 11 is 5.94. The standard InChI is InChI=1S/C33H33ClN2O8S/c1-22-17-29(23(2)36(22)27-5-4-6-28(19-27)45(39,40)35-13-15-42-16-14-35)30(37)21-44-33(38)25-9-12-31(32(18-25)41-3)43-20-24-7-10-26(34)11-8-24/h4-12,17-19H,13-16,20-21H2,1-3H3. The number of esters is 1. The lowest BCUT2D eigenvalue weighted by Gasteiger charge is -2.26. The zero-order valence-electron chi connectivity index (χ0n) is 25.1. The second-order valence-electron chi connectivity index (χ2n) is 10.4. The number of sulfonamides is 1. The van der Waals surface area contributed by atoms with Crippen molar-refractivity contribution >= 4 is 33.4 Å². The number of aryl methyl sites for hydroxylation is 1. The molecule has 10 nitrogen and oxygen atoms in total.